The Morgan fingerprint density at radius 1 is 1.33 bits per heavy atom. The van der Waals surface area contributed by atoms with Gasteiger partial charge >= 0.3 is 0 Å². The van der Waals surface area contributed by atoms with Gasteiger partial charge in [0.15, 0.2) is 0 Å². The average molecular weight is 241 g/mol. The number of aryl methyl sites for hydroxylation is 1. The molecule has 0 spiro atoms. The molecule has 2 heterocycles. The van der Waals surface area contributed by atoms with Crippen LogP contribution in [0.3, 0.4) is 0 Å². The molecule has 0 N–H and O–H groups in total. The predicted octanol–water partition coefficient (Wildman–Crippen LogP) is 1.05. The van der Waals surface area contributed by atoms with Gasteiger partial charge in [0.1, 0.15) is 12.2 Å². The summed E-state index contributed by atoms with van der Waals surface area (Å²) in [7, 11) is 1.83. The van der Waals surface area contributed by atoms with E-state index in [9.17, 15) is 4.79 Å². The molecular weight excluding hydrogens is 230 g/mol. The number of carbonyl (C=O) groups is 1. The second-order valence-corrected chi connectivity index (χ2v) is 4.01. The highest BCUT2D eigenvalue weighted by Gasteiger charge is 2.16. The molecule has 0 aliphatic carbocycles. The number of ketones is 1. The van der Waals surface area contributed by atoms with Gasteiger partial charge < -0.3 is 0 Å². The van der Waals surface area contributed by atoms with Gasteiger partial charge in [-0.1, -0.05) is 23.4 Å². The van der Waals surface area contributed by atoms with Crippen molar-refractivity contribution >= 4 is 16.7 Å². The molecule has 0 aliphatic rings. The molecule has 0 atom stereocenters. The predicted molar refractivity (Wildman–Crippen MR) is 65.1 cm³/mol. The van der Waals surface area contributed by atoms with Crippen molar-refractivity contribution < 1.29 is 4.79 Å². The maximum absolute atomic E-state index is 12.2. The Morgan fingerprint density at radius 2 is 2.17 bits per heavy atom. The van der Waals surface area contributed by atoms with E-state index < -0.39 is 0 Å². The molecule has 3 rings (SSSR count). The van der Waals surface area contributed by atoms with E-state index in [1.807, 2.05) is 31.3 Å². The number of para-hydroxylation sites is 1. The molecule has 3 aromatic rings. The molecule has 2 aromatic heterocycles. The second kappa shape index (κ2) is 4.06. The molecule has 0 radical (unpaired) electrons. The van der Waals surface area contributed by atoms with Crippen LogP contribution in [0.4, 0.5) is 0 Å². The lowest BCUT2D eigenvalue weighted by molar-refractivity contribution is 0.0963. The van der Waals surface area contributed by atoms with Gasteiger partial charge in [0, 0.05) is 18.6 Å². The fourth-order valence-electron chi connectivity index (χ4n) is 1.96. The fraction of sp³-hybridized carbons (Fsp3) is 0.167. The first-order chi connectivity index (χ1) is 8.75. The van der Waals surface area contributed by atoms with Crippen LogP contribution in [0.5, 0.6) is 0 Å². The number of carbonyl (C=O) groups excluding carboxylic acids is 1. The Labute approximate surface area is 103 Å². The summed E-state index contributed by atoms with van der Waals surface area (Å²) in [4.78, 5) is 12.2. The summed E-state index contributed by atoms with van der Waals surface area (Å²) in [5.41, 5.74) is 1.42. The minimum absolute atomic E-state index is 0.0719. The highest BCUT2D eigenvalue weighted by atomic mass is 16.1. The molecule has 6 heteroatoms. The molecule has 0 amide bonds. The number of rotatable bonds is 3. The van der Waals surface area contributed by atoms with Crippen molar-refractivity contribution in [2.75, 3.05) is 0 Å². The Morgan fingerprint density at radius 3 is 2.94 bits per heavy atom. The first-order valence-corrected chi connectivity index (χ1v) is 5.55. The Bertz CT molecular complexity index is 698. The van der Waals surface area contributed by atoms with Crippen LogP contribution in [0.1, 0.15) is 10.5 Å². The molecule has 0 saturated heterocycles. The number of aromatic nitrogens is 5. The van der Waals surface area contributed by atoms with Gasteiger partial charge in [-0.2, -0.15) is 5.10 Å². The topological polar surface area (TPSA) is 65.6 Å². The van der Waals surface area contributed by atoms with Crippen LogP contribution < -0.4 is 0 Å². The van der Waals surface area contributed by atoms with Crippen LogP contribution in [-0.2, 0) is 13.6 Å². The molecule has 1 aromatic carbocycles. The minimum Gasteiger partial charge on any atom is -0.290 e. The van der Waals surface area contributed by atoms with Crippen molar-refractivity contribution in [2.24, 2.45) is 7.05 Å². The quantitative estimate of drug-likeness (QED) is 0.643. The Kier molecular flexibility index (Phi) is 2.40. The molecule has 0 aliphatic heterocycles. The zero-order valence-electron chi connectivity index (χ0n) is 9.82. The molecule has 18 heavy (non-hydrogen) atoms. The average Bonchev–Trinajstić information content (AvgIpc) is 2.98. The molecule has 0 bridgehead atoms. The van der Waals surface area contributed by atoms with Crippen LogP contribution in [0.15, 0.2) is 36.7 Å². The number of Topliss-reactive ketones (excluding diaryl/α,β-unsaturated/α-hetero) is 1. The third-order valence-electron chi connectivity index (χ3n) is 2.80. The maximum atomic E-state index is 12.2. The number of fused-ring (bicyclic) bond motifs is 1. The number of hydrogen-bond acceptors (Lipinski definition) is 4. The largest absolute Gasteiger partial charge is 0.290 e. The SMILES string of the molecule is Cn1nc(C(=O)Cn2ccnn2)c2ccccc21. The lowest BCUT2D eigenvalue weighted by Gasteiger charge is -1.97. The van der Waals surface area contributed by atoms with E-state index in [2.05, 4.69) is 15.4 Å². The van der Waals surface area contributed by atoms with E-state index in [4.69, 9.17) is 0 Å². The van der Waals surface area contributed by atoms with E-state index in [0.717, 1.165) is 10.9 Å². The van der Waals surface area contributed by atoms with Crippen LogP contribution in [0, 0.1) is 0 Å². The molecule has 6 nitrogen and oxygen atoms in total. The molecule has 0 saturated carbocycles. The Balaban J connectivity index is 2.01. The number of benzene rings is 1. The van der Waals surface area contributed by atoms with Gasteiger partial charge in [-0.25, -0.2) is 4.68 Å². The van der Waals surface area contributed by atoms with Crippen molar-refractivity contribution in [1.29, 1.82) is 0 Å². The van der Waals surface area contributed by atoms with E-state index in [0.29, 0.717) is 5.69 Å². The standard InChI is InChI=1S/C12H11N5O/c1-16-10-5-3-2-4-9(10)12(14-16)11(18)8-17-7-6-13-15-17/h2-7H,8H2,1H3. The van der Waals surface area contributed by atoms with Crippen molar-refractivity contribution in [1.82, 2.24) is 24.8 Å². The van der Waals surface area contributed by atoms with Gasteiger partial charge in [-0.3, -0.25) is 9.48 Å². The highest BCUT2D eigenvalue weighted by molar-refractivity contribution is 6.05. The van der Waals surface area contributed by atoms with Gasteiger partial charge in [0.25, 0.3) is 0 Å². The smallest absolute Gasteiger partial charge is 0.205 e. The normalized spacial score (nSPS) is 10.9. The maximum Gasteiger partial charge on any atom is 0.205 e. The lowest BCUT2D eigenvalue weighted by Crippen LogP contribution is -2.12. The first-order valence-electron chi connectivity index (χ1n) is 5.55. The third-order valence-corrected chi connectivity index (χ3v) is 2.80. The van der Waals surface area contributed by atoms with Crippen molar-refractivity contribution in [2.45, 2.75) is 6.54 Å². The second-order valence-electron chi connectivity index (χ2n) is 4.01. The van der Waals surface area contributed by atoms with Crippen molar-refractivity contribution in [3.63, 3.8) is 0 Å². The van der Waals surface area contributed by atoms with Crippen LogP contribution in [-0.4, -0.2) is 30.6 Å². The third kappa shape index (κ3) is 1.67. The van der Waals surface area contributed by atoms with Gasteiger partial charge in [0.05, 0.1) is 11.7 Å². The molecule has 0 unspecified atom stereocenters. The molecular formula is C12H11N5O. The monoisotopic (exact) mass is 241 g/mol. The zero-order valence-corrected chi connectivity index (χ0v) is 9.82. The van der Waals surface area contributed by atoms with Crippen LogP contribution in [0.2, 0.25) is 0 Å². The van der Waals surface area contributed by atoms with E-state index in [1.54, 1.807) is 17.1 Å². The summed E-state index contributed by atoms with van der Waals surface area (Å²) >= 11 is 0. The van der Waals surface area contributed by atoms with Crippen molar-refractivity contribution in [3.8, 4) is 0 Å². The summed E-state index contributed by atoms with van der Waals surface area (Å²) in [6.45, 7) is 0.154. The molecule has 90 valence electrons. The summed E-state index contributed by atoms with van der Waals surface area (Å²) in [6.07, 6.45) is 3.20. The summed E-state index contributed by atoms with van der Waals surface area (Å²) in [6, 6.07) is 7.66. The summed E-state index contributed by atoms with van der Waals surface area (Å²) < 4.78 is 3.20. The van der Waals surface area contributed by atoms with Crippen LogP contribution in [0.25, 0.3) is 10.9 Å². The highest BCUT2D eigenvalue weighted by Crippen LogP contribution is 2.18. The summed E-state index contributed by atoms with van der Waals surface area (Å²) in [5.74, 6) is -0.0719. The minimum atomic E-state index is -0.0719. The number of hydrogen-bond donors (Lipinski definition) is 0. The van der Waals surface area contributed by atoms with Crippen LogP contribution >= 0.6 is 0 Å². The van der Waals surface area contributed by atoms with E-state index >= 15 is 0 Å². The first kappa shape index (κ1) is 10.6. The van der Waals surface area contributed by atoms with E-state index in [-0.39, 0.29) is 12.3 Å². The van der Waals surface area contributed by atoms with Gasteiger partial charge in [0.2, 0.25) is 5.78 Å². The summed E-state index contributed by atoms with van der Waals surface area (Å²) in [5, 5.41) is 12.6. The van der Waals surface area contributed by atoms with Crippen molar-refractivity contribution in [3.05, 3.63) is 42.4 Å². The Hall–Kier alpha value is -2.50. The fourth-order valence-corrected chi connectivity index (χ4v) is 1.96. The molecule has 0 fully saturated rings. The number of nitrogens with zero attached hydrogens (tertiary/aromatic N) is 5. The van der Waals surface area contributed by atoms with Gasteiger partial charge in [-0.05, 0) is 6.07 Å². The van der Waals surface area contributed by atoms with Gasteiger partial charge in [-0.15, -0.1) is 5.10 Å². The van der Waals surface area contributed by atoms with E-state index in [1.165, 1.54) is 4.68 Å². The zero-order chi connectivity index (χ0) is 12.5. The lowest BCUT2D eigenvalue weighted by atomic mass is 10.1.